The summed E-state index contributed by atoms with van der Waals surface area (Å²) in [5.74, 6) is -0.181. The molecule has 0 fully saturated rings. The zero-order valence-corrected chi connectivity index (χ0v) is 17.4. The van der Waals surface area contributed by atoms with Crippen molar-refractivity contribution in [3.63, 3.8) is 0 Å². The van der Waals surface area contributed by atoms with Gasteiger partial charge in [0, 0.05) is 12.1 Å². The molecule has 9 heteroatoms. The highest BCUT2D eigenvalue weighted by atomic mass is 32.2. The van der Waals surface area contributed by atoms with E-state index in [9.17, 15) is 23.3 Å². The Balaban J connectivity index is 2.25. The smallest absolute Gasteiger partial charge is 0.271 e. The summed E-state index contributed by atoms with van der Waals surface area (Å²) in [6.45, 7) is 3.60. The lowest BCUT2D eigenvalue weighted by Gasteiger charge is -2.25. The lowest BCUT2D eigenvalue weighted by atomic mass is 9.97. The molecule has 2 aromatic carbocycles. The van der Waals surface area contributed by atoms with E-state index in [2.05, 4.69) is 5.32 Å². The molecule has 0 heterocycles. The molecule has 1 amide bonds. The number of anilines is 1. The molecule has 1 atom stereocenters. The molecule has 2 rings (SSSR count). The average molecular weight is 420 g/mol. The average Bonchev–Trinajstić information content (AvgIpc) is 2.65. The Bertz CT molecular complexity index is 961. The van der Waals surface area contributed by atoms with Crippen LogP contribution in [0, 0.1) is 16.0 Å². The van der Waals surface area contributed by atoms with Gasteiger partial charge in [0.2, 0.25) is 15.9 Å². The number of carbonyl (C=O) groups is 1. The van der Waals surface area contributed by atoms with Crippen LogP contribution in [0.1, 0.15) is 31.9 Å². The number of hydrogen-bond acceptors (Lipinski definition) is 5. The van der Waals surface area contributed by atoms with Crippen molar-refractivity contribution in [1.82, 2.24) is 5.32 Å². The quantitative estimate of drug-likeness (QED) is 0.495. The highest BCUT2D eigenvalue weighted by Crippen LogP contribution is 2.24. The van der Waals surface area contributed by atoms with Crippen LogP contribution in [0.2, 0.25) is 0 Å². The molecule has 0 saturated carbocycles. The van der Waals surface area contributed by atoms with Gasteiger partial charge in [-0.3, -0.25) is 19.2 Å². The second-order valence-corrected chi connectivity index (χ2v) is 9.11. The number of non-ortho nitro benzene ring substituents is 1. The van der Waals surface area contributed by atoms with Crippen LogP contribution in [-0.2, 0) is 14.8 Å². The molecule has 0 radical (unpaired) electrons. The predicted molar refractivity (Wildman–Crippen MR) is 112 cm³/mol. The van der Waals surface area contributed by atoms with Gasteiger partial charge in [-0.25, -0.2) is 8.42 Å². The minimum absolute atomic E-state index is 0.0666. The first-order valence-corrected chi connectivity index (χ1v) is 11.0. The second-order valence-electron chi connectivity index (χ2n) is 7.21. The fraction of sp³-hybridized carbons (Fsp3) is 0.350. The molecule has 0 aliphatic carbocycles. The lowest BCUT2D eigenvalue weighted by molar-refractivity contribution is -0.384. The Kier molecular flexibility index (Phi) is 7.33. The third kappa shape index (κ3) is 6.56. The summed E-state index contributed by atoms with van der Waals surface area (Å²) in [5, 5.41) is 13.9. The Morgan fingerprint density at radius 3 is 2.34 bits per heavy atom. The Hall–Kier alpha value is -2.94. The highest BCUT2D eigenvalue weighted by Gasteiger charge is 2.24. The molecule has 0 aliphatic heterocycles. The largest absolute Gasteiger partial charge is 0.348 e. The maximum atomic E-state index is 12.7. The molecule has 0 spiro atoms. The van der Waals surface area contributed by atoms with E-state index in [-0.39, 0.29) is 17.4 Å². The SMILES string of the molecule is CC(C)CC(NC(=O)CN(c1cccc([N+](=O)[O-])c1)S(C)(=O)=O)c1ccccc1. The van der Waals surface area contributed by atoms with Crippen LogP contribution in [0.4, 0.5) is 11.4 Å². The number of benzene rings is 2. The van der Waals surface area contributed by atoms with Crippen molar-refractivity contribution >= 4 is 27.3 Å². The van der Waals surface area contributed by atoms with Crippen LogP contribution < -0.4 is 9.62 Å². The Morgan fingerprint density at radius 1 is 1.14 bits per heavy atom. The molecule has 0 aromatic heterocycles. The van der Waals surface area contributed by atoms with E-state index in [0.717, 1.165) is 22.2 Å². The minimum Gasteiger partial charge on any atom is -0.348 e. The second kappa shape index (κ2) is 9.51. The van der Waals surface area contributed by atoms with Crippen LogP contribution in [0.25, 0.3) is 0 Å². The topological polar surface area (TPSA) is 110 Å². The monoisotopic (exact) mass is 419 g/mol. The summed E-state index contributed by atoms with van der Waals surface area (Å²) in [6.07, 6.45) is 1.65. The number of amides is 1. The van der Waals surface area contributed by atoms with E-state index in [4.69, 9.17) is 0 Å². The van der Waals surface area contributed by atoms with Crippen LogP contribution in [0.3, 0.4) is 0 Å². The van der Waals surface area contributed by atoms with Gasteiger partial charge in [-0.1, -0.05) is 50.2 Å². The van der Waals surface area contributed by atoms with Crippen molar-refractivity contribution < 1.29 is 18.1 Å². The molecule has 1 N–H and O–H groups in total. The van der Waals surface area contributed by atoms with Gasteiger partial charge in [-0.2, -0.15) is 0 Å². The van der Waals surface area contributed by atoms with Crippen molar-refractivity contribution in [2.24, 2.45) is 5.92 Å². The summed E-state index contributed by atoms with van der Waals surface area (Å²) >= 11 is 0. The third-order valence-electron chi connectivity index (χ3n) is 4.26. The van der Waals surface area contributed by atoms with Crippen molar-refractivity contribution in [1.29, 1.82) is 0 Å². The van der Waals surface area contributed by atoms with Crippen molar-refractivity contribution in [2.75, 3.05) is 17.1 Å². The molecule has 0 aliphatic rings. The van der Waals surface area contributed by atoms with Gasteiger partial charge in [0.05, 0.1) is 22.9 Å². The normalized spacial score (nSPS) is 12.4. The number of nitro groups is 1. The van der Waals surface area contributed by atoms with Gasteiger partial charge < -0.3 is 5.32 Å². The van der Waals surface area contributed by atoms with E-state index in [1.807, 2.05) is 44.2 Å². The first-order valence-electron chi connectivity index (χ1n) is 9.14. The highest BCUT2D eigenvalue weighted by molar-refractivity contribution is 7.92. The molecular weight excluding hydrogens is 394 g/mol. The van der Waals surface area contributed by atoms with Crippen LogP contribution >= 0.6 is 0 Å². The number of carbonyl (C=O) groups excluding carboxylic acids is 1. The number of nitro benzene ring substituents is 1. The molecule has 0 saturated heterocycles. The maximum Gasteiger partial charge on any atom is 0.271 e. The van der Waals surface area contributed by atoms with E-state index >= 15 is 0 Å². The molecule has 29 heavy (non-hydrogen) atoms. The molecule has 156 valence electrons. The number of nitrogens with one attached hydrogen (secondary N) is 1. The molecule has 2 aromatic rings. The predicted octanol–water partition coefficient (Wildman–Crippen LogP) is 3.26. The zero-order chi connectivity index (χ0) is 21.6. The lowest BCUT2D eigenvalue weighted by Crippen LogP contribution is -2.41. The molecule has 0 bridgehead atoms. The molecule has 8 nitrogen and oxygen atoms in total. The summed E-state index contributed by atoms with van der Waals surface area (Å²) in [7, 11) is -3.83. The van der Waals surface area contributed by atoms with E-state index < -0.39 is 27.4 Å². The van der Waals surface area contributed by atoms with Crippen molar-refractivity contribution in [2.45, 2.75) is 26.3 Å². The first-order chi connectivity index (χ1) is 13.6. The number of rotatable bonds is 9. The first kappa shape index (κ1) is 22.4. The van der Waals surface area contributed by atoms with Gasteiger partial charge in [-0.15, -0.1) is 0 Å². The van der Waals surface area contributed by atoms with Gasteiger partial charge in [-0.05, 0) is 24.0 Å². The number of nitrogens with zero attached hydrogens (tertiary/aromatic N) is 2. The fourth-order valence-corrected chi connectivity index (χ4v) is 3.82. The van der Waals surface area contributed by atoms with Crippen molar-refractivity contribution in [3.05, 3.63) is 70.3 Å². The maximum absolute atomic E-state index is 12.7. The van der Waals surface area contributed by atoms with E-state index in [0.29, 0.717) is 12.3 Å². The Labute approximate surface area is 170 Å². The van der Waals surface area contributed by atoms with Gasteiger partial charge in [0.1, 0.15) is 6.54 Å². The standard InChI is InChI=1S/C20H25N3O5S/c1-15(2)12-19(16-8-5-4-6-9-16)21-20(24)14-22(29(3,27)28)17-10-7-11-18(13-17)23(25)26/h4-11,13,15,19H,12,14H2,1-3H3,(H,21,24). The summed E-state index contributed by atoms with van der Waals surface area (Å²) in [6, 6.07) is 14.4. The zero-order valence-electron chi connectivity index (χ0n) is 16.6. The fourth-order valence-electron chi connectivity index (χ4n) is 2.97. The summed E-state index contributed by atoms with van der Waals surface area (Å²) in [5.41, 5.74) is 0.742. The van der Waals surface area contributed by atoms with Gasteiger partial charge >= 0.3 is 0 Å². The summed E-state index contributed by atoms with van der Waals surface area (Å²) < 4.78 is 25.4. The molecular formula is C20H25N3O5S. The van der Waals surface area contributed by atoms with Gasteiger partial charge in [0.15, 0.2) is 0 Å². The molecule has 1 unspecified atom stereocenters. The van der Waals surface area contributed by atoms with Crippen LogP contribution in [-0.4, -0.2) is 32.0 Å². The Morgan fingerprint density at radius 2 is 1.79 bits per heavy atom. The summed E-state index contributed by atoms with van der Waals surface area (Å²) in [4.78, 5) is 23.1. The van der Waals surface area contributed by atoms with Crippen LogP contribution in [0.15, 0.2) is 54.6 Å². The van der Waals surface area contributed by atoms with Crippen molar-refractivity contribution in [3.8, 4) is 0 Å². The number of hydrogen-bond donors (Lipinski definition) is 1. The number of sulfonamides is 1. The van der Waals surface area contributed by atoms with Gasteiger partial charge in [0.25, 0.3) is 5.69 Å². The third-order valence-corrected chi connectivity index (χ3v) is 5.40. The minimum atomic E-state index is -3.83. The van der Waals surface area contributed by atoms with Crippen LogP contribution in [0.5, 0.6) is 0 Å². The van der Waals surface area contributed by atoms with E-state index in [1.54, 1.807) is 0 Å². The van der Waals surface area contributed by atoms with E-state index in [1.165, 1.54) is 18.2 Å².